The van der Waals surface area contributed by atoms with E-state index < -0.39 is 15.9 Å². The summed E-state index contributed by atoms with van der Waals surface area (Å²) >= 11 is 0. The van der Waals surface area contributed by atoms with E-state index in [-0.39, 0.29) is 11.7 Å². The molecule has 0 fully saturated rings. The number of hydrogen-bond donors (Lipinski definition) is 1. The molecule has 1 atom stereocenters. The number of carbonyl (C=O) groups is 1. The van der Waals surface area contributed by atoms with E-state index in [4.69, 9.17) is 0 Å². The van der Waals surface area contributed by atoms with Crippen LogP contribution in [-0.2, 0) is 9.84 Å². The molecule has 0 aromatic carbocycles. The fourth-order valence-corrected chi connectivity index (χ4v) is 2.94. The predicted molar refractivity (Wildman–Crippen MR) is 72.7 cm³/mol. The summed E-state index contributed by atoms with van der Waals surface area (Å²) in [6, 6.07) is 2.92. The van der Waals surface area contributed by atoms with E-state index >= 15 is 0 Å². The molecule has 1 unspecified atom stereocenters. The van der Waals surface area contributed by atoms with Crippen molar-refractivity contribution in [1.29, 1.82) is 0 Å². The topological polar surface area (TPSA) is 79.4 Å². The second-order valence-corrected chi connectivity index (χ2v) is 6.47. The Labute approximate surface area is 112 Å². The van der Waals surface area contributed by atoms with Crippen LogP contribution in [0.2, 0.25) is 0 Å². The Hall–Kier alpha value is -1.89. The van der Waals surface area contributed by atoms with E-state index in [1.54, 1.807) is 12.1 Å². The summed E-state index contributed by atoms with van der Waals surface area (Å²) in [5.74, 6) is 0.339. The molecule has 7 heteroatoms. The Morgan fingerprint density at radius 1 is 1.42 bits per heavy atom. The lowest BCUT2D eigenvalue weighted by molar-refractivity contribution is 0.0947. The van der Waals surface area contributed by atoms with Crippen LogP contribution in [0.4, 0.5) is 5.82 Å². The Morgan fingerprint density at radius 2 is 2.16 bits per heavy atom. The van der Waals surface area contributed by atoms with Gasteiger partial charge in [-0.15, -0.1) is 0 Å². The zero-order valence-corrected chi connectivity index (χ0v) is 11.5. The maximum absolute atomic E-state index is 11.9. The van der Waals surface area contributed by atoms with E-state index in [1.165, 1.54) is 12.3 Å². The first kappa shape index (κ1) is 13.5. The number of nitrogens with one attached hydrogen (secondary N) is 1. The standard InChI is InChI=1S/C12H15N3O3S/c1-15(2)11-4-3-9(7-13-11)12(16)14-10-5-6-19(17,18)8-10/h3-7,10H,8H2,1-2H3,(H,14,16). The molecule has 0 aliphatic carbocycles. The minimum absolute atomic E-state index is 0.0814. The number of nitrogens with zero attached hydrogens (tertiary/aromatic N) is 2. The molecule has 0 saturated carbocycles. The van der Waals surface area contributed by atoms with E-state index in [2.05, 4.69) is 10.3 Å². The van der Waals surface area contributed by atoms with Gasteiger partial charge in [-0.1, -0.05) is 0 Å². The highest BCUT2D eigenvalue weighted by Gasteiger charge is 2.23. The zero-order chi connectivity index (χ0) is 14.0. The molecule has 2 heterocycles. The van der Waals surface area contributed by atoms with Gasteiger partial charge in [0.05, 0.1) is 17.4 Å². The van der Waals surface area contributed by atoms with Crippen LogP contribution in [0, 0.1) is 0 Å². The molecular formula is C12H15N3O3S. The molecule has 1 aliphatic heterocycles. The number of amides is 1. The molecule has 0 bridgehead atoms. The molecule has 19 heavy (non-hydrogen) atoms. The number of sulfone groups is 1. The van der Waals surface area contributed by atoms with Crippen LogP contribution in [0.25, 0.3) is 0 Å². The molecule has 1 aliphatic rings. The summed E-state index contributed by atoms with van der Waals surface area (Å²) in [4.78, 5) is 17.9. The van der Waals surface area contributed by atoms with Crippen molar-refractivity contribution < 1.29 is 13.2 Å². The first-order chi connectivity index (χ1) is 8.87. The maximum Gasteiger partial charge on any atom is 0.253 e. The van der Waals surface area contributed by atoms with Gasteiger partial charge in [-0.2, -0.15) is 0 Å². The number of pyridine rings is 1. The van der Waals surface area contributed by atoms with Gasteiger partial charge >= 0.3 is 0 Å². The van der Waals surface area contributed by atoms with Crippen LogP contribution in [0.15, 0.2) is 29.8 Å². The van der Waals surface area contributed by atoms with E-state index in [0.29, 0.717) is 5.56 Å². The second kappa shape index (κ2) is 5.00. The van der Waals surface area contributed by atoms with Crippen molar-refractivity contribution in [3.05, 3.63) is 35.4 Å². The zero-order valence-electron chi connectivity index (χ0n) is 10.7. The number of aromatic nitrogens is 1. The van der Waals surface area contributed by atoms with Crippen LogP contribution in [-0.4, -0.2) is 45.2 Å². The highest BCUT2D eigenvalue weighted by molar-refractivity contribution is 7.94. The van der Waals surface area contributed by atoms with Gasteiger partial charge in [-0.25, -0.2) is 13.4 Å². The normalized spacial score (nSPS) is 20.2. The van der Waals surface area contributed by atoms with Gasteiger partial charge in [0.15, 0.2) is 9.84 Å². The van der Waals surface area contributed by atoms with Gasteiger partial charge in [-0.05, 0) is 18.2 Å². The quantitative estimate of drug-likeness (QED) is 0.855. The van der Waals surface area contributed by atoms with Crippen molar-refractivity contribution in [2.24, 2.45) is 0 Å². The van der Waals surface area contributed by atoms with Crippen LogP contribution in [0.3, 0.4) is 0 Å². The van der Waals surface area contributed by atoms with Gasteiger partial charge in [0.25, 0.3) is 5.91 Å². The largest absolute Gasteiger partial charge is 0.363 e. The molecule has 2 rings (SSSR count). The third kappa shape index (κ3) is 3.31. The average molecular weight is 281 g/mol. The molecule has 1 N–H and O–H groups in total. The van der Waals surface area contributed by atoms with Crippen LogP contribution < -0.4 is 10.2 Å². The van der Waals surface area contributed by atoms with Crippen molar-refractivity contribution in [3.8, 4) is 0 Å². The summed E-state index contributed by atoms with van der Waals surface area (Å²) in [5.41, 5.74) is 0.406. The fourth-order valence-electron chi connectivity index (χ4n) is 1.70. The highest BCUT2D eigenvalue weighted by atomic mass is 32.2. The third-order valence-electron chi connectivity index (χ3n) is 2.71. The number of anilines is 1. The van der Waals surface area contributed by atoms with Crippen molar-refractivity contribution in [2.45, 2.75) is 6.04 Å². The van der Waals surface area contributed by atoms with Gasteiger partial charge in [-0.3, -0.25) is 4.79 Å². The fraction of sp³-hybridized carbons (Fsp3) is 0.333. The second-order valence-electron chi connectivity index (χ2n) is 4.54. The molecule has 1 aromatic rings. The minimum atomic E-state index is -3.16. The SMILES string of the molecule is CN(C)c1ccc(C(=O)NC2C=CS(=O)(=O)C2)cn1. The van der Waals surface area contributed by atoms with Gasteiger partial charge in [0.2, 0.25) is 0 Å². The van der Waals surface area contributed by atoms with Crippen molar-refractivity contribution in [1.82, 2.24) is 10.3 Å². The third-order valence-corrected chi connectivity index (χ3v) is 4.11. The Morgan fingerprint density at radius 3 is 2.63 bits per heavy atom. The average Bonchev–Trinajstić information content (AvgIpc) is 2.68. The summed E-state index contributed by atoms with van der Waals surface area (Å²) < 4.78 is 22.4. The molecule has 6 nitrogen and oxygen atoms in total. The molecule has 0 saturated heterocycles. The van der Waals surface area contributed by atoms with E-state index in [9.17, 15) is 13.2 Å². The lowest BCUT2D eigenvalue weighted by atomic mass is 10.2. The van der Waals surface area contributed by atoms with E-state index in [0.717, 1.165) is 11.2 Å². The Bertz CT molecular complexity index is 606. The van der Waals surface area contributed by atoms with Crippen molar-refractivity contribution >= 4 is 21.6 Å². The summed E-state index contributed by atoms with van der Waals surface area (Å²) in [5, 5.41) is 3.77. The number of carbonyl (C=O) groups excluding carboxylic acids is 1. The minimum Gasteiger partial charge on any atom is -0.363 e. The van der Waals surface area contributed by atoms with Crippen molar-refractivity contribution in [2.75, 3.05) is 24.7 Å². The molecule has 1 aromatic heterocycles. The first-order valence-electron chi connectivity index (χ1n) is 5.72. The van der Waals surface area contributed by atoms with Gasteiger partial charge in [0, 0.05) is 25.7 Å². The van der Waals surface area contributed by atoms with Crippen LogP contribution >= 0.6 is 0 Å². The first-order valence-corrected chi connectivity index (χ1v) is 7.44. The number of rotatable bonds is 3. The lowest BCUT2D eigenvalue weighted by Gasteiger charge is -2.12. The molecule has 0 radical (unpaired) electrons. The molecule has 1 amide bonds. The Kier molecular flexibility index (Phi) is 3.57. The lowest BCUT2D eigenvalue weighted by Crippen LogP contribution is -2.35. The summed E-state index contributed by atoms with van der Waals surface area (Å²) in [6.45, 7) is 0. The van der Waals surface area contributed by atoms with Gasteiger partial charge in [0.1, 0.15) is 5.82 Å². The van der Waals surface area contributed by atoms with Crippen LogP contribution in [0.5, 0.6) is 0 Å². The molecular weight excluding hydrogens is 266 g/mol. The monoisotopic (exact) mass is 281 g/mol. The maximum atomic E-state index is 11.9. The summed E-state index contributed by atoms with van der Waals surface area (Å²) in [7, 11) is 0.556. The predicted octanol–water partition coefficient (Wildman–Crippen LogP) is 0.188. The molecule has 0 spiro atoms. The molecule has 102 valence electrons. The Balaban J connectivity index is 2.03. The smallest absolute Gasteiger partial charge is 0.253 e. The number of hydrogen-bond acceptors (Lipinski definition) is 5. The van der Waals surface area contributed by atoms with Gasteiger partial charge < -0.3 is 10.2 Å². The van der Waals surface area contributed by atoms with Crippen molar-refractivity contribution in [3.63, 3.8) is 0 Å². The van der Waals surface area contributed by atoms with E-state index in [1.807, 2.05) is 19.0 Å². The summed E-state index contributed by atoms with van der Waals surface area (Å²) in [6.07, 6.45) is 2.95. The van der Waals surface area contributed by atoms with Crippen LogP contribution in [0.1, 0.15) is 10.4 Å². The highest BCUT2D eigenvalue weighted by Crippen LogP contribution is 2.11.